The van der Waals surface area contributed by atoms with E-state index in [0.717, 1.165) is 5.69 Å². The topological polar surface area (TPSA) is 207 Å². The van der Waals surface area contributed by atoms with Crippen molar-refractivity contribution in [1.29, 1.82) is 0 Å². The summed E-state index contributed by atoms with van der Waals surface area (Å²) >= 11 is 0. The highest BCUT2D eigenvalue weighted by Gasteiger charge is 2.75. The van der Waals surface area contributed by atoms with E-state index in [0.29, 0.717) is 28.3 Å². The molecule has 6 N–H and O–H groups in total. The van der Waals surface area contributed by atoms with Crippen molar-refractivity contribution in [1.82, 2.24) is 4.98 Å². The van der Waals surface area contributed by atoms with Crippen molar-refractivity contribution in [3.05, 3.63) is 46.6 Å². The van der Waals surface area contributed by atoms with Gasteiger partial charge in [-0.05, 0) is 42.4 Å². The minimum Gasteiger partial charge on any atom is -0.658 e. The van der Waals surface area contributed by atoms with E-state index < -0.39 is 78.7 Å². The zero-order valence-corrected chi connectivity index (χ0v) is 26.3. The van der Waals surface area contributed by atoms with Gasteiger partial charge in [0.1, 0.15) is 18.8 Å². The number of ether oxygens (including phenoxy) is 4. The fraction of sp³-hybridized carbons (Fsp3) is 0.636. The molecule has 3 heterocycles. The van der Waals surface area contributed by atoms with Gasteiger partial charge in [0.05, 0.1) is 32.0 Å². The first kappa shape index (κ1) is 34.3. The first-order valence-corrected chi connectivity index (χ1v) is 15.7. The molecule has 0 radical (unpaired) electrons. The Balaban J connectivity index is 1.61. The third-order valence-electron chi connectivity index (χ3n) is 10.0. The highest BCUT2D eigenvalue weighted by Crippen LogP contribution is 2.57. The number of carbonyl (C=O) groups excluding carboxylic acids is 1. The SMILES string of the molecule is C=C[C@@H]1[C@H](CC(=O)O)C(C(=O)OC)=CC[C@H]1O[C@]1(CO)O[C@H](CO)[C@]23OC(CCCO)=c4[n-]c(C(C)C)cc4=C2CC[C@@]1(O)[C@H]3O. The van der Waals surface area contributed by atoms with E-state index in [-0.39, 0.29) is 43.8 Å². The van der Waals surface area contributed by atoms with Gasteiger partial charge < -0.3 is 54.6 Å². The highest BCUT2D eigenvalue weighted by molar-refractivity contribution is 5.90. The van der Waals surface area contributed by atoms with E-state index >= 15 is 0 Å². The Kier molecular flexibility index (Phi) is 9.60. The molecule has 2 fully saturated rings. The predicted octanol–water partition coefficient (Wildman–Crippen LogP) is -0.685. The molecule has 1 aromatic rings. The summed E-state index contributed by atoms with van der Waals surface area (Å²) in [7, 11) is 1.19. The first-order chi connectivity index (χ1) is 21.9. The number of hydrogen-bond donors (Lipinski definition) is 6. The van der Waals surface area contributed by atoms with Crippen LogP contribution < -0.4 is 15.6 Å². The number of nitrogens with zero attached hydrogens (tertiary/aromatic N) is 1. The lowest BCUT2D eigenvalue weighted by molar-refractivity contribution is -0.434. The summed E-state index contributed by atoms with van der Waals surface area (Å²) in [6, 6.07) is 1.92. The van der Waals surface area contributed by atoms with Crippen molar-refractivity contribution in [3.8, 4) is 0 Å². The van der Waals surface area contributed by atoms with Gasteiger partial charge in [0.25, 0.3) is 0 Å². The second kappa shape index (κ2) is 12.9. The molecular weight excluding hydrogens is 602 g/mol. The average molecular weight is 647 g/mol. The highest BCUT2D eigenvalue weighted by atomic mass is 16.7. The molecule has 0 aromatic carbocycles. The number of esters is 1. The van der Waals surface area contributed by atoms with Crippen LogP contribution >= 0.6 is 0 Å². The Morgan fingerprint density at radius 3 is 2.59 bits per heavy atom. The van der Waals surface area contributed by atoms with E-state index in [1.54, 1.807) is 0 Å². The average Bonchev–Trinajstić information content (AvgIpc) is 3.49. The Bertz CT molecular complexity index is 1510. The molecule has 4 aliphatic rings. The van der Waals surface area contributed by atoms with Crippen LogP contribution in [0.2, 0.25) is 0 Å². The fourth-order valence-electron chi connectivity index (χ4n) is 7.73. The molecule has 2 bridgehead atoms. The van der Waals surface area contributed by atoms with E-state index in [2.05, 4.69) is 6.58 Å². The van der Waals surface area contributed by atoms with Crippen LogP contribution in [0.25, 0.3) is 11.3 Å². The standard InChI is InChI=1S/C33H44NO12/c1-5-18-20(14-27(38)39)19(29(40)43-4)8-9-24(18)44-32(16-37)31(42)11-10-22-21-13-23(17(2)3)34-28(21)25(7-6-12-35)45-33(22,30(31)41)26(15-36)46-32/h5,8,13,17-18,20,24,26,30,35-37,41-42H,1,6-7,9-12,14-16H2,2-4H3,(H,38,39)/q-1/t18-,20+,24-,26-,30-,31-,32-,33-/m1/s1. The molecule has 0 amide bonds. The van der Waals surface area contributed by atoms with Gasteiger partial charge in [-0.25, -0.2) is 4.79 Å². The Morgan fingerprint density at radius 2 is 2.00 bits per heavy atom. The predicted molar refractivity (Wildman–Crippen MR) is 161 cm³/mol. The molecule has 8 atom stereocenters. The van der Waals surface area contributed by atoms with E-state index in [1.165, 1.54) is 19.3 Å². The summed E-state index contributed by atoms with van der Waals surface area (Å²) in [4.78, 5) is 29.2. The quantitative estimate of drug-likeness (QED) is 0.123. The van der Waals surface area contributed by atoms with Gasteiger partial charge >= 0.3 is 11.9 Å². The molecule has 1 saturated carbocycles. The number of rotatable bonds is 12. The van der Waals surface area contributed by atoms with Crippen LogP contribution in [0.5, 0.6) is 0 Å². The molecule has 13 heteroatoms. The van der Waals surface area contributed by atoms with Gasteiger partial charge in [0, 0.05) is 30.4 Å². The molecule has 1 spiro atoms. The summed E-state index contributed by atoms with van der Waals surface area (Å²) in [5.74, 6) is -5.42. The number of aliphatic carboxylic acids is 1. The summed E-state index contributed by atoms with van der Waals surface area (Å²) in [6.07, 6.45) is -0.912. The van der Waals surface area contributed by atoms with Gasteiger partial charge in [-0.3, -0.25) is 4.79 Å². The lowest BCUT2D eigenvalue weighted by atomic mass is 9.61. The maximum atomic E-state index is 12.5. The summed E-state index contributed by atoms with van der Waals surface area (Å²) in [5.41, 5.74) is -2.53. The van der Waals surface area contributed by atoms with Crippen molar-refractivity contribution in [2.75, 3.05) is 26.9 Å². The van der Waals surface area contributed by atoms with Crippen LogP contribution in [0.3, 0.4) is 0 Å². The molecular formula is C33H44NO12-. The lowest BCUT2D eigenvalue weighted by Gasteiger charge is -2.64. The largest absolute Gasteiger partial charge is 0.658 e. The molecule has 1 aromatic heterocycles. The normalized spacial score (nSPS) is 35.2. The number of aliphatic hydroxyl groups excluding tert-OH is 4. The van der Waals surface area contributed by atoms with Gasteiger partial charge in [-0.1, -0.05) is 37.4 Å². The van der Waals surface area contributed by atoms with Crippen molar-refractivity contribution in [2.45, 2.75) is 93.6 Å². The van der Waals surface area contributed by atoms with Crippen molar-refractivity contribution < 1.29 is 59.2 Å². The number of aliphatic hydroxyl groups is 5. The minimum atomic E-state index is -2.30. The molecule has 13 nitrogen and oxygen atoms in total. The van der Waals surface area contributed by atoms with E-state index in [1.807, 2.05) is 19.9 Å². The monoisotopic (exact) mass is 646 g/mol. The number of methoxy groups -OCH3 is 1. The van der Waals surface area contributed by atoms with Gasteiger partial charge in [0.15, 0.2) is 11.2 Å². The van der Waals surface area contributed by atoms with Gasteiger partial charge in [-0.2, -0.15) is 5.69 Å². The molecule has 2 aliphatic carbocycles. The molecule has 0 unspecified atom stereocenters. The first-order valence-electron chi connectivity index (χ1n) is 15.7. The number of aromatic nitrogens is 1. The van der Waals surface area contributed by atoms with Crippen LogP contribution in [-0.2, 0) is 28.5 Å². The second-order valence-electron chi connectivity index (χ2n) is 12.8. The number of carboxylic acids is 1. The van der Waals surface area contributed by atoms with Gasteiger partial charge in [-0.15, -0.1) is 6.58 Å². The minimum absolute atomic E-state index is 0.0386. The Labute approximate surface area is 266 Å². The lowest BCUT2D eigenvalue weighted by Crippen LogP contribution is -2.83. The van der Waals surface area contributed by atoms with Crippen molar-refractivity contribution in [2.24, 2.45) is 11.8 Å². The Hall–Kier alpha value is -3.04. The van der Waals surface area contributed by atoms with E-state index in [9.17, 15) is 40.2 Å². The molecule has 46 heavy (non-hydrogen) atoms. The molecule has 5 rings (SSSR count). The van der Waals surface area contributed by atoms with Crippen molar-refractivity contribution in [3.63, 3.8) is 0 Å². The van der Waals surface area contributed by atoms with Crippen molar-refractivity contribution >= 4 is 23.3 Å². The number of hydrogen-bond acceptors (Lipinski definition) is 11. The number of fused-ring (bicyclic) bond motifs is 2. The van der Waals surface area contributed by atoms with E-state index in [4.69, 9.17) is 23.9 Å². The number of carboxylic acid groups (broad SMARTS) is 1. The second-order valence-corrected chi connectivity index (χ2v) is 12.8. The molecule has 2 aliphatic heterocycles. The van der Waals surface area contributed by atoms with Crippen LogP contribution in [0.15, 0.2) is 30.4 Å². The van der Waals surface area contributed by atoms with Crippen LogP contribution in [0.4, 0.5) is 0 Å². The summed E-state index contributed by atoms with van der Waals surface area (Å²) in [5, 5.41) is 66.9. The molecule has 1 saturated heterocycles. The third-order valence-corrected chi connectivity index (χ3v) is 10.0. The summed E-state index contributed by atoms with van der Waals surface area (Å²) < 4.78 is 24.3. The summed E-state index contributed by atoms with van der Waals surface area (Å²) in [6.45, 7) is 6.07. The van der Waals surface area contributed by atoms with Crippen LogP contribution in [-0.4, -0.2) is 105 Å². The van der Waals surface area contributed by atoms with Gasteiger partial charge in [0.2, 0.25) is 5.79 Å². The maximum Gasteiger partial charge on any atom is 0.333 e. The third kappa shape index (κ3) is 5.13. The maximum absolute atomic E-state index is 12.5. The number of carbonyl (C=O) groups is 2. The van der Waals surface area contributed by atoms with Crippen LogP contribution in [0, 0.1) is 11.8 Å². The van der Waals surface area contributed by atoms with Crippen LogP contribution in [0.1, 0.15) is 64.0 Å². The Morgan fingerprint density at radius 1 is 1.26 bits per heavy atom. The zero-order chi connectivity index (χ0) is 33.6. The fourth-order valence-corrected chi connectivity index (χ4v) is 7.73. The smallest absolute Gasteiger partial charge is 0.333 e. The zero-order valence-electron chi connectivity index (χ0n) is 26.3. The molecule has 254 valence electrons.